The summed E-state index contributed by atoms with van der Waals surface area (Å²) in [7, 11) is 0. The molecule has 1 aliphatic rings. The van der Waals surface area contributed by atoms with Crippen LogP contribution in [0.5, 0.6) is 0 Å². The largest absolute Gasteiger partial charge is 0.512 e. The molecule has 1 saturated heterocycles. The van der Waals surface area contributed by atoms with E-state index < -0.39 is 0 Å². The molecule has 0 spiro atoms. The number of allylic oxidation sites excluding steroid dienone is 2. The Morgan fingerprint density at radius 1 is 1.41 bits per heavy atom. The Morgan fingerprint density at radius 2 is 2.17 bits per heavy atom. The number of pyridine rings is 1. The Bertz CT molecular complexity index is 975. The molecule has 0 amide bonds. The van der Waals surface area contributed by atoms with E-state index in [2.05, 4.69) is 29.8 Å². The molecule has 1 fully saturated rings. The number of rotatable bonds is 6. The van der Waals surface area contributed by atoms with Crippen molar-refractivity contribution in [2.45, 2.75) is 25.9 Å². The van der Waals surface area contributed by atoms with Crippen molar-refractivity contribution >= 4 is 33.3 Å². The first kappa shape index (κ1) is 23.2. The first-order valence-electron chi connectivity index (χ1n) is 9.06. The van der Waals surface area contributed by atoms with Gasteiger partial charge in [-0.3, -0.25) is 4.79 Å². The molecular weight excluding hydrogens is 563 g/mol. The molecule has 0 saturated carbocycles. The van der Waals surface area contributed by atoms with Crippen LogP contribution in [-0.2, 0) is 29.6 Å². The number of ether oxygens (including phenoxy) is 1. The van der Waals surface area contributed by atoms with Crippen LogP contribution in [0.2, 0.25) is 0 Å². The Hall–Kier alpha value is -2.11. The monoisotopic (exact) mass is 585 g/mol. The Labute approximate surface area is 188 Å². The van der Waals surface area contributed by atoms with Gasteiger partial charge in [-0.15, -0.1) is 23.6 Å². The van der Waals surface area contributed by atoms with Crippen LogP contribution in [0.1, 0.15) is 25.3 Å². The molecule has 6 heteroatoms. The van der Waals surface area contributed by atoms with Gasteiger partial charge in [0.1, 0.15) is 0 Å². The van der Waals surface area contributed by atoms with Crippen LogP contribution in [0, 0.1) is 6.07 Å². The van der Waals surface area contributed by atoms with Gasteiger partial charge in [-0.05, 0) is 34.6 Å². The molecule has 4 nitrogen and oxygen atoms in total. The summed E-state index contributed by atoms with van der Waals surface area (Å²) >= 11 is 1.72. The van der Waals surface area contributed by atoms with Gasteiger partial charge in [0.15, 0.2) is 5.78 Å². The van der Waals surface area contributed by atoms with Gasteiger partial charge in [-0.25, -0.2) is 11.3 Å². The van der Waals surface area contributed by atoms with E-state index in [1.807, 2.05) is 36.5 Å². The van der Waals surface area contributed by atoms with Crippen molar-refractivity contribution in [3.05, 3.63) is 72.6 Å². The fraction of sp³-hybridized carbons (Fsp3) is 0.217. The molecule has 1 aromatic carbocycles. The minimum Gasteiger partial charge on any atom is -0.512 e. The second kappa shape index (κ2) is 11.2. The predicted molar refractivity (Wildman–Crippen MR) is 114 cm³/mol. The van der Waals surface area contributed by atoms with Crippen LogP contribution >= 0.6 is 11.3 Å². The maximum absolute atomic E-state index is 10.4. The number of aliphatic hydroxyl groups excluding tert-OH is 1. The zero-order chi connectivity index (χ0) is 19.9. The summed E-state index contributed by atoms with van der Waals surface area (Å²) in [5.74, 6) is 0.0483. The van der Waals surface area contributed by atoms with Crippen molar-refractivity contribution in [3.8, 4) is 10.6 Å². The number of fused-ring (bicyclic) bond motifs is 1. The molecule has 3 aromatic rings. The number of carbonyl (C=O) groups is 1. The number of thiophene rings is 1. The first-order chi connectivity index (χ1) is 13.5. The number of hydrogen-bond donors (Lipinski definition) is 1. The van der Waals surface area contributed by atoms with Gasteiger partial charge in [0, 0.05) is 44.5 Å². The first-order valence-corrected chi connectivity index (χ1v) is 9.88. The number of carbonyl (C=O) groups excluding carboxylic acids is 1. The average molecular weight is 585 g/mol. The number of hydrogen-bond acceptors (Lipinski definition) is 5. The molecule has 1 N–H and O–H groups in total. The van der Waals surface area contributed by atoms with Crippen LogP contribution < -0.4 is 0 Å². The Kier molecular flexibility index (Phi) is 8.93. The van der Waals surface area contributed by atoms with E-state index in [9.17, 15) is 4.79 Å². The molecule has 2 aromatic heterocycles. The number of aromatic nitrogens is 1. The van der Waals surface area contributed by atoms with E-state index in [0.717, 1.165) is 34.5 Å². The Balaban J connectivity index is 0.000000219. The van der Waals surface area contributed by atoms with Gasteiger partial charge in [0.05, 0.1) is 18.5 Å². The molecule has 153 valence electrons. The summed E-state index contributed by atoms with van der Waals surface area (Å²) in [4.78, 5) is 15.9. The number of epoxide rings is 1. The van der Waals surface area contributed by atoms with E-state index in [4.69, 9.17) is 9.84 Å². The van der Waals surface area contributed by atoms with E-state index in [1.54, 1.807) is 11.3 Å². The number of nitrogens with zero attached hydrogens (tertiary/aromatic N) is 1. The fourth-order valence-corrected chi connectivity index (χ4v) is 3.55. The molecular formula is C23H22IrNO3S-. The van der Waals surface area contributed by atoms with Gasteiger partial charge in [-0.2, -0.15) is 0 Å². The average Bonchev–Trinajstić information content (AvgIpc) is 3.42. The van der Waals surface area contributed by atoms with E-state index in [0.29, 0.717) is 12.5 Å². The smallest absolute Gasteiger partial charge is 0.155 e. The van der Waals surface area contributed by atoms with E-state index in [-0.39, 0.29) is 31.6 Å². The van der Waals surface area contributed by atoms with Crippen molar-refractivity contribution < 1.29 is 34.7 Å². The van der Waals surface area contributed by atoms with Crippen LogP contribution in [-0.4, -0.2) is 28.6 Å². The second-order valence-electron chi connectivity index (χ2n) is 6.47. The molecule has 1 unspecified atom stereocenters. The second-order valence-corrected chi connectivity index (χ2v) is 7.52. The maximum atomic E-state index is 10.4. The summed E-state index contributed by atoms with van der Waals surface area (Å²) in [5.41, 5.74) is 2.05. The van der Waals surface area contributed by atoms with Crippen LogP contribution in [0.15, 0.2) is 61.0 Å². The molecule has 0 aliphatic carbocycles. The minimum absolute atomic E-state index is 0. The van der Waals surface area contributed by atoms with Crippen molar-refractivity contribution in [1.29, 1.82) is 0 Å². The number of ketones is 1. The molecule has 1 aliphatic heterocycles. The zero-order valence-electron chi connectivity index (χ0n) is 16.1. The zero-order valence-corrected chi connectivity index (χ0v) is 19.3. The minimum atomic E-state index is -0.112. The summed E-state index contributed by atoms with van der Waals surface area (Å²) in [6, 6.07) is 15.6. The van der Waals surface area contributed by atoms with Crippen molar-refractivity contribution in [1.82, 2.24) is 4.98 Å². The number of aliphatic hydroxyl groups is 1. The number of benzene rings is 1. The third-order valence-electron chi connectivity index (χ3n) is 4.09. The van der Waals surface area contributed by atoms with Gasteiger partial charge in [0.2, 0.25) is 0 Å². The summed E-state index contributed by atoms with van der Waals surface area (Å²) in [6.45, 7) is 5.99. The van der Waals surface area contributed by atoms with Gasteiger partial charge in [0.25, 0.3) is 0 Å². The van der Waals surface area contributed by atoms with E-state index >= 15 is 0 Å². The molecule has 3 heterocycles. The maximum Gasteiger partial charge on any atom is 0.155 e. The molecule has 1 radical (unpaired) electrons. The fourth-order valence-electron chi connectivity index (χ4n) is 2.58. The third-order valence-corrected chi connectivity index (χ3v) is 5.19. The van der Waals surface area contributed by atoms with Gasteiger partial charge in [-0.1, -0.05) is 30.9 Å². The summed E-state index contributed by atoms with van der Waals surface area (Å²) in [5, 5.41) is 10.2. The normalized spacial score (nSPS) is 15.1. The molecule has 0 bridgehead atoms. The van der Waals surface area contributed by atoms with Crippen LogP contribution in [0.25, 0.3) is 26.7 Å². The summed E-state index contributed by atoms with van der Waals surface area (Å²) < 4.78 is 6.18. The quantitative estimate of drug-likeness (QED) is 0.177. The summed E-state index contributed by atoms with van der Waals surface area (Å²) in [6.07, 6.45) is 6.57. The molecule has 4 rings (SSSR count). The van der Waals surface area contributed by atoms with Gasteiger partial charge < -0.3 is 14.8 Å². The van der Waals surface area contributed by atoms with Crippen LogP contribution in [0.4, 0.5) is 0 Å². The Morgan fingerprint density at radius 3 is 2.83 bits per heavy atom. The van der Waals surface area contributed by atoms with Crippen molar-refractivity contribution in [2.75, 3.05) is 6.61 Å². The van der Waals surface area contributed by atoms with Crippen LogP contribution in [0.3, 0.4) is 0 Å². The molecule has 1 atom stereocenters. The SMILES string of the molecule is C=Cc1ccnc(-c2[c-]c3ccccc3s2)c1.CC(=O)/C=C(\O)CCC1CO1.[Ir]. The van der Waals surface area contributed by atoms with Crippen molar-refractivity contribution in [2.24, 2.45) is 0 Å². The van der Waals surface area contributed by atoms with Gasteiger partial charge >= 0.3 is 0 Å². The predicted octanol–water partition coefficient (Wildman–Crippen LogP) is 5.60. The van der Waals surface area contributed by atoms with E-state index in [1.165, 1.54) is 17.7 Å². The standard InChI is InChI=1S/C15H10NS.C8H12O3.Ir/c1-2-11-7-8-16-13(9-11)15-10-12-5-3-4-6-14(12)17-15;1-6(9)4-7(10)2-3-8-5-11-8;/h2-9H,1H2;4,8,10H,2-3,5H2,1H3;/q-1;;/b;7-4-;. The van der Waals surface area contributed by atoms with Crippen molar-refractivity contribution in [3.63, 3.8) is 0 Å². The molecule has 29 heavy (non-hydrogen) atoms. The topological polar surface area (TPSA) is 62.7 Å². The third kappa shape index (κ3) is 7.33.